The highest BCUT2D eigenvalue weighted by Gasteiger charge is 2.17. The average Bonchev–Trinajstić information content (AvgIpc) is 2.74. The Hall–Kier alpha value is 0.447. The molecule has 0 aliphatic carbocycles. The van der Waals surface area contributed by atoms with Crippen molar-refractivity contribution in [3.8, 4) is 0 Å². The summed E-state index contributed by atoms with van der Waals surface area (Å²) in [6.45, 7) is 4.78. The molecule has 1 aliphatic rings. The van der Waals surface area contributed by atoms with E-state index in [-0.39, 0.29) is 0 Å². The lowest BCUT2D eigenvalue weighted by atomic mass is 10.0. The zero-order valence-electron chi connectivity index (χ0n) is 20.2. The van der Waals surface area contributed by atoms with Gasteiger partial charge in [-0.3, -0.25) is 0 Å². The van der Waals surface area contributed by atoms with Crippen LogP contribution in [0.3, 0.4) is 0 Å². The van der Waals surface area contributed by atoms with E-state index in [4.69, 9.17) is 9.47 Å². The van der Waals surface area contributed by atoms with E-state index in [0.717, 1.165) is 25.3 Å². The van der Waals surface area contributed by atoms with Gasteiger partial charge < -0.3 is 14.5 Å². The molecule has 1 aliphatic heterocycles. The molecule has 0 aromatic heterocycles. The molecule has 0 radical (unpaired) electrons. The molecule has 2 unspecified atom stereocenters. The van der Waals surface area contributed by atoms with Crippen molar-refractivity contribution in [1.29, 1.82) is 0 Å². The zero-order chi connectivity index (χ0) is 21.5. The molecule has 0 aromatic carbocycles. The van der Waals surface area contributed by atoms with Crippen LogP contribution in [0.5, 0.6) is 0 Å². The molecule has 0 spiro atoms. The maximum absolute atomic E-state index is 5.99. The summed E-state index contributed by atoms with van der Waals surface area (Å²) in [6, 6.07) is 2.81. The van der Waals surface area contributed by atoms with Crippen molar-refractivity contribution in [1.82, 2.24) is 4.98 Å². The molecule has 30 heavy (non-hydrogen) atoms. The fourth-order valence-corrected chi connectivity index (χ4v) is 7.69. The van der Waals surface area contributed by atoms with Crippen molar-refractivity contribution >= 4 is 21.6 Å². The Morgan fingerprint density at radius 1 is 0.833 bits per heavy atom. The van der Waals surface area contributed by atoms with Gasteiger partial charge in [-0.05, 0) is 50.1 Å². The molecule has 1 heterocycles. The van der Waals surface area contributed by atoms with Gasteiger partial charge in [0.1, 0.15) is 15.8 Å². The summed E-state index contributed by atoms with van der Waals surface area (Å²) in [5.41, 5.74) is 0. The second kappa shape index (κ2) is 22.6. The quantitative estimate of drug-likeness (QED) is 0.0869. The van der Waals surface area contributed by atoms with Gasteiger partial charge in [0.15, 0.2) is 0 Å². The van der Waals surface area contributed by atoms with Gasteiger partial charge in [0.25, 0.3) is 0 Å². The van der Waals surface area contributed by atoms with E-state index in [9.17, 15) is 0 Å². The Balaban J connectivity index is 1.79. The first-order valence-electron chi connectivity index (χ1n) is 13.4. The average molecular weight is 460 g/mol. The molecule has 0 saturated carbocycles. The standard InChI is InChI=1S/C25H53NO2SSi/c1-2-3-4-5-6-7-8-9-10-11-12-13-14-20-27-24-28-25-17-15-22-30(23-16-21-29)26-19-18-25/h25-26,29-30H,2-24H2,1H3. The van der Waals surface area contributed by atoms with Crippen LogP contribution in [0.2, 0.25) is 12.1 Å². The summed E-state index contributed by atoms with van der Waals surface area (Å²) in [5, 5.41) is 0. The molecule has 0 aromatic rings. The third-order valence-electron chi connectivity index (χ3n) is 6.47. The SMILES string of the molecule is CCCCCCCCCCCCCCCOCOC1CCC[SiH](CCCS)NCC1. The van der Waals surface area contributed by atoms with Crippen molar-refractivity contribution in [2.24, 2.45) is 0 Å². The Labute approximate surface area is 195 Å². The minimum atomic E-state index is -0.698. The molecule has 180 valence electrons. The summed E-state index contributed by atoms with van der Waals surface area (Å²) >= 11 is 4.35. The Bertz CT molecular complexity index is 339. The van der Waals surface area contributed by atoms with Crippen molar-refractivity contribution in [3.05, 3.63) is 0 Å². The number of ether oxygens (including phenoxy) is 2. The first-order valence-corrected chi connectivity index (χ1v) is 16.2. The van der Waals surface area contributed by atoms with Crippen molar-refractivity contribution in [2.75, 3.05) is 25.7 Å². The highest BCUT2D eigenvalue weighted by Crippen LogP contribution is 2.16. The molecular formula is C25H53NO2SSi. The minimum Gasteiger partial charge on any atom is -0.355 e. The van der Waals surface area contributed by atoms with Gasteiger partial charge in [-0.25, -0.2) is 0 Å². The fourth-order valence-electron chi connectivity index (χ4n) is 4.46. The lowest BCUT2D eigenvalue weighted by molar-refractivity contribution is -0.0940. The molecule has 1 fully saturated rings. The lowest BCUT2D eigenvalue weighted by Gasteiger charge is -2.25. The van der Waals surface area contributed by atoms with Gasteiger partial charge in [0, 0.05) is 6.61 Å². The summed E-state index contributed by atoms with van der Waals surface area (Å²) in [6.07, 6.45) is 23.5. The van der Waals surface area contributed by atoms with Crippen LogP contribution in [0.4, 0.5) is 0 Å². The van der Waals surface area contributed by atoms with Crippen LogP contribution < -0.4 is 4.98 Å². The molecule has 0 amide bonds. The number of hydrogen-bond donors (Lipinski definition) is 2. The van der Waals surface area contributed by atoms with E-state index in [1.165, 1.54) is 115 Å². The Morgan fingerprint density at radius 2 is 1.47 bits per heavy atom. The second-order valence-electron chi connectivity index (χ2n) is 9.29. The molecule has 3 nitrogen and oxygen atoms in total. The number of unbranched alkanes of at least 4 members (excludes halogenated alkanes) is 12. The van der Waals surface area contributed by atoms with E-state index in [1.54, 1.807) is 0 Å². The Morgan fingerprint density at radius 3 is 2.10 bits per heavy atom. The molecule has 5 heteroatoms. The zero-order valence-corrected chi connectivity index (χ0v) is 22.2. The topological polar surface area (TPSA) is 30.5 Å². The maximum Gasteiger partial charge on any atom is 0.147 e. The first-order chi connectivity index (χ1) is 14.9. The van der Waals surface area contributed by atoms with Crippen molar-refractivity contribution in [2.45, 2.75) is 134 Å². The molecule has 0 bridgehead atoms. The monoisotopic (exact) mass is 459 g/mol. The Kier molecular flexibility index (Phi) is 21.5. The van der Waals surface area contributed by atoms with Gasteiger partial charge in [0.05, 0.1) is 6.10 Å². The summed E-state index contributed by atoms with van der Waals surface area (Å²) in [4.78, 5) is 3.83. The van der Waals surface area contributed by atoms with E-state index in [1.807, 2.05) is 0 Å². The predicted octanol–water partition coefficient (Wildman–Crippen LogP) is 7.25. The largest absolute Gasteiger partial charge is 0.355 e. The summed E-state index contributed by atoms with van der Waals surface area (Å²) in [7, 11) is -0.698. The highest BCUT2D eigenvalue weighted by atomic mass is 32.1. The lowest BCUT2D eigenvalue weighted by Crippen LogP contribution is -2.38. The number of hydrogen-bond acceptors (Lipinski definition) is 4. The van der Waals surface area contributed by atoms with Crippen LogP contribution in [-0.4, -0.2) is 40.8 Å². The van der Waals surface area contributed by atoms with E-state index < -0.39 is 8.96 Å². The van der Waals surface area contributed by atoms with Gasteiger partial charge in [-0.1, -0.05) is 90.4 Å². The summed E-state index contributed by atoms with van der Waals surface area (Å²) in [5.74, 6) is 1.04. The normalized spacial score (nSPS) is 20.2. The van der Waals surface area contributed by atoms with Crippen LogP contribution in [0.25, 0.3) is 0 Å². The predicted molar refractivity (Wildman–Crippen MR) is 138 cm³/mol. The smallest absolute Gasteiger partial charge is 0.147 e. The third-order valence-corrected chi connectivity index (χ3v) is 9.86. The van der Waals surface area contributed by atoms with Gasteiger partial charge >= 0.3 is 0 Å². The van der Waals surface area contributed by atoms with E-state index >= 15 is 0 Å². The number of rotatable bonds is 20. The van der Waals surface area contributed by atoms with Gasteiger partial charge in [-0.2, -0.15) is 12.6 Å². The first kappa shape index (κ1) is 28.5. The maximum atomic E-state index is 5.99. The van der Waals surface area contributed by atoms with Crippen LogP contribution in [0.15, 0.2) is 0 Å². The minimum absolute atomic E-state index is 0.393. The van der Waals surface area contributed by atoms with E-state index in [2.05, 4.69) is 24.5 Å². The number of thiol groups is 1. The van der Waals surface area contributed by atoms with Crippen LogP contribution in [0, 0.1) is 0 Å². The second-order valence-corrected chi connectivity index (χ2v) is 12.7. The fraction of sp³-hybridized carbons (Fsp3) is 1.00. The molecule has 1 N–H and O–H groups in total. The van der Waals surface area contributed by atoms with E-state index in [0.29, 0.717) is 12.9 Å². The third kappa shape index (κ3) is 18.1. The van der Waals surface area contributed by atoms with Crippen molar-refractivity contribution < 1.29 is 9.47 Å². The molecular weight excluding hydrogens is 406 g/mol. The van der Waals surface area contributed by atoms with Crippen LogP contribution in [-0.2, 0) is 9.47 Å². The van der Waals surface area contributed by atoms with Crippen LogP contribution >= 0.6 is 12.6 Å². The van der Waals surface area contributed by atoms with Gasteiger partial charge in [0.2, 0.25) is 0 Å². The van der Waals surface area contributed by atoms with Crippen LogP contribution in [0.1, 0.15) is 116 Å². The van der Waals surface area contributed by atoms with Gasteiger partial charge in [-0.15, -0.1) is 0 Å². The van der Waals surface area contributed by atoms with Crippen molar-refractivity contribution in [3.63, 3.8) is 0 Å². The molecule has 2 atom stereocenters. The highest BCUT2D eigenvalue weighted by molar-refractivity contribution is 7.80. The number of nitrogens with one attached hydrogen (secondary N) is 1. The molecule has 1 rings (SSSR count). The summed E-state index contributed by atoms with van der Waals surface area (Å²) < 4.78 is 11.7. The molecule has 1 saturated heterocycles.